The highest BCUT2D eigenvalue weighted by Crippen LogP contribution is 2.42. The van der Waals surface area contributed by atoms with Gasteiger partial charge in [-0.1, -0.05) is 19.3 Å². The molecular formula is C25H30N8O4S. The van der Waals surface area contributed by atoms with Crippen molar-refractivity contribution in [1.29, 1.82) is 0 Å². The molecule has 0 atom stereocenters. The summed E-state index contributed by atoms with van der Waals surface area (Å²) in [5.41, 5.74) is 7.12. The van der Waals surface area contributed by atoms with E-state index in [-0.39, 0.29) is 11.8 Å². The molecule has 1 spiro atoms. The van der Waals surface area contributed by atoms with E-state index in [0.717, 1.165) is 49.0 Å². The molecule has 2 fully saturated rings. The summed E-state index contributed by atoms with van der Waals surface area (Å²) >= 11 is 0. The Morgan fingerprint density at radius 2 is 1.74 bits per heavy atom. The van der Waals surface area contributed by atoms with Crippen LogP contribution in [-0.4, -0.2) is 76.4 Å². The van der Waals surface area contributed by atoms with Crippen LogP contribution < -0.4 is 16.2 Å². The van der Waals surface area contributed by atoms with Gasteiger partial charge in [-0.05, 0) is 43.2 Å². The molecule has 1 saturated carbocycles. The van der Waals surface area contributed by atoms with Crippen molar-refractivity contribution in [3.8, 4) is 0 Å². The third-order valence-corrected chi connectivity index (χ3v) is 9.06. The molecule has 2 amide bonds. The van der Waals surface area contributed by atoms with Crippen LogP contribution in [-0.2, 0) is 20.4 Å². The van der Waals surface area contributed by atoms with E-state index in [1.807, 2.05) is 10.6 Å². The third kappa shape index (κ3) is 4.25. The van der Waals surface area contributed by atoms with Gasteiger partial charge in [-0.3, -0.25) is 25.0 Å². The van der Waals surface area contributed by atoms with E-state index in [4.69, 9.17) is 4.98 Å². The lowest BCUT2D eigenvalue weighted by Crippen LogP contribution is -2.55. The number of fused-ring (bicyclic) bond motifs is 4. The molecule has 1 aliphatic carbocycles. The Morgan fingerprint density at radius 3 is 2.42 bits per heavy atom. The van der Waals surface area contributed by atoms with E-state index in [1.54, 1.807) is 35.4 Å². The summed E-state index contributed by atoms with van der Waals surface area (Å²) in [5, 5.41) is 4.05. The van der Waals surface area contributed by atoms with Crippen molar-refractivity contribution in [2.75, 3.05) is 43.2 Å². The average Bonchev–Trinajstić information content (AvgIpc) is 3.30. The fourth-order valence-electron chi connectivity index (χ4n) is 5.73. The Bertz CT molecular complexity index is 1500. The average molecular weight is 539 g/mol. The first kappa shape index (κ1) is 24.6. The van der Waals surface area contributed by atoms with Crippen LogP contribution in [0.5, 0.6) is 0 Å². The molecule has 1 saturated heterocycles. The van der Waals surface area contributed by atoms with Crippen LogP contribution in [0.3, 0.4) is 0 Å². The number of sulfonamides is 1. The number of hydrazine groups is 1. The maximum absolute atomic E-state index is 13.0. The number of rotatable bonds is 4. The van der Waals surface area contributed by atoms with Gasteiger partial charge in [0, 0.05) is 49.0 Å². The van der Waals surface area contributed by atoms with Crippen LogP contribution in [0.4, 0.5) is 17.5 Å². The first-order valence-electron chi connectivity index (χ1n) is 12.8. The monoisotopic (exact) mass is 538 g/mol. The van der Waals surface area contributed by atoms with E-state index < -0.39 is 15.6 Å². The highest BCUT2D eigenvalue weighted by atomic mass is 32.2. The van der Waals surface area contributed by atoms with Crippen molar-refractivity contribution < 1.29 is 18.0 Å². The lowest BCUT2D eigenvalue weighted by Gasteiger charge is -2.41. The van der Waals surface area contributed by atoms with Gasteiger partial charge in [-0.25, -0.2) is 13.4 Å². The second-order valence-corrected chi connectivity index (χ2v) is 12.1. The lowest BCUT2D eigenvalue weighted by atomic mass is 9.80. The second-order valence-electron chi connectivity index (χ2n) is 10.2. The zero-order valence-corrected chi connectivity index (χ0v) is 21.9. The Balaban J connectivity index is 1.20. The van der Waals surface area contributed by atoms with Crippen LogP contribution in [0.15, 0.2) is 36.5 Å². The van der Waals surface area contributed by atoms with Crippen molar-refractivity contribution >= 4 is 50.3 Å². The van der Waals surface area contributed by atoms with Gasteiger partial charge >= 0.3 is 0 Å². The van der Waals surface area contributed by atoms with Crippen LogP contribution in [0.2, 0.25) is 0 Å². The third-order valence-electron chi connectivity index (χ3n) is 7.76. The van der Waals surface area contributed by atoms with Gasteiger partial charge in [0.25, 0.3) is 11.8 Å². The van der Waals surface area contributed by atoms with E-state index in [9.17, 15) is 18.0 Å². The van der Waals surface area contributed by atoms with Gasteiger partial charge in [0.05, 0.1) is 6.26 Å². The maximum Gasteiger partial charge on any atom is 0.264 e. The number of hydrogen-bond donors (Lipinski definition) is 3. The van der Waals surface area contributed by atoms with Crippen molar-refractivity contribution in [3.63, 3.8) is 0 Å². The first-order valence-corrected chi connectivity index (χ1v) is 14.7. The van der Waals surface area contributed by atoms with Crippen LogP contribution >= 0.6 is 0 Å². The van der Waals surface area contributed by atoms with E-state index in [0.29, 0.717) is 43.3 Å². The number of piperazine rings is 1. The summed E-state index contributed by atoms with van der Waals surface area (Å²) in [4.78, 5) is 36.8. The summed E-state index contributed by atoms with van der Waals surface area (Å²) < 4.78 is 26.9. The second kappa shape index (κ2) is 9.24. The molecule has 2 aliphatic heterocycles. The number of aromatic nitrogens is 3. The van der Waals surface area contributed by atoms with Crippen LogP contribution in [0.25, 0.3) is 11.0 Å². The molecule has 1 aromatic carbocycles. The Hall–Kier alpha value is -3.71. The molecule has 2 aromatic heterocycles. The summed E-state index contributed by atoms with van der Waals surface area (Å²) in [6, 6.07) is 9.00. The molecule has 4 heterocycles. The van der Waals surface area contributed by atoms with Crippen LogP contribution in [0, 0.1) is 0 Å². The standard InChI is InChI=1S/C25H30N8O4S/c1-38(36,37)32-13-11-31(12-14-32)22(34)17-5-7-19(8-6-17)27-24-26-16-18-15-20-29-30-23(35)25(9-3-2-4-10-25)33(20)21(18)28-24/h5-8,15-16,29H,2-4,9-14H2,1H3,(H,30,35)(H,26,27,28). The quantitative estimate of drug-likeness (QED) is 0.458. The number of nitrogens with zero attached hydrogens (tertiary/aromatic N) is 5. The molecule has 13 heteroatoms. The molecular weight excluding hydrogens is 508 g/mol. The Labute approximate surface area is 220 Å². The Kier molecular flexibility index (Phi) is 5.99. The van der Waals surface area contributed by atoms with Crippen molar-refractivity contribution in [1.82, 2.24) is 29.2 Å². The molecule has 38 heavy (non-hydrogen) atoms. The molecule has 3 aliphatic rings. The SMILES string of the molecule is CS(=O)(=O)N1CCN(C(=O)c2ccc(Nc3ncc4cc5n(c4n3)C3(CCCCC3)C(=O)NN5)cc2)CC1. The number of amides is 2. The minimum absolute atomic E-state index is 0.0340. The van der Waals surface area contributed by atoms with Gasteiger partial charge < -0.3 is 10.2 Å². The van der Waals surface area contributed by atoms with Crippen LogP contribution in [0.1, 0.15) is 42.5 Å². The lowest BCUT2D eigenvalue weighted by molar-refractivity contribution is -0.131. The van der Waals surface area contributed by atoms with Gasteiger partial charge in [-0.15, -0.1) is 0 Å². The smallest absolute Gasteiger partial charge is 0.264 e. The summed E-state index contributed by atoms with van der Waals surface area (Å²) in [6.07, 6.45) is 7.56. The van der Waals surface area contributed by atoms with Gasteiger partial charge in [0.2, 0.25) is 16.0 Å². The van der Waals surface area contributed by atoms with E-state index in [1.165, 1.54) is 10.6 Å². The number of carbonyl (C=O) groups excluding carboxylic acids is 2. The van der Waals surface area contributed by atoms with Gasteiger partial charge in [0.15, 0.2) is 0 Å². The van der Waals surface area contributed by atoms with Crippen molar-refractivity contribution in [2.24, 2.45) is 0 Å². The van der Waals surface area contributed by atoms with Gasteiger partial charge in [0.1, 0.15) is 17.0 Å². The number of anilines is 3. The number of nitrogens with one attached hydrogen (secondary N) is 3. The maximum atomic E-state index is 13.0. The largest absolute Gasteiger partial charge is 0.336 e. The first-order chi connectivity index (χ1) is 18.2. The van der Waals surface area contributed by atoms with Gasteiger partial charge in [-0.2, -0.15) is 9.29 Å². The molecule has 12 nitrogen and oxygen atoms in total. The summed E-state index contributed by atoms with van der Waals surface area (Å²) in [5.74, 6) is 1.03. The Morgan fingerprint density at radius 1 is 1.03 bits per heavy atom. The normalized spacial score (nSPS) is 19.6. The van der Waals surface area contributed by atoms with E-state index in [2.05, 4.69) is 21.2 Å². The highest BCUT2D eigenvalue weighted by Gasteiger charge is 2.46. The molecule has 0 unspecified atom stereocenters. The predicted octanol–water partition coefficient (Wildman–Crippen LogP) is 2.01. The van der Waals surface area contributed by atoms with Crippen molar-refractivity contribution in [2.45, 2.75) is 37.6 Å². The highest BCUT2D eigenvalue weighted by molar-refractivity contribution is 7.88. The minimum atomic E-state index is -3.25. The number of hydrogen-bond acceptors (Lipinski definition) is 8. The fourth-order valence-corrected chi connectivity index (χ4v) is 6.56. The summed E-state index contributed by atoms with van der Waals surface area (Å²) in [7, 11) is -3.25. The molecule has 3 N–H and O–H groups in total. The van der Waals surface area contributed by atoms with Crippen molar-refractivity contribution in [3.05, 3.63) is 42.1 Å². The predicted molar refractivity (Wildman–Crippen MR) is 142 cm³/mol. The molecule has 0 radical (unpaired) electrons. The molecule has 200 valence electrons. The minimum Gasteiger partial charge on any atom is -0.336 e. The molecule has 3 aromatic rings. The molecule has 0 bridgehead atoms. The number of benzene rings is 1. The molecule has 6 rings (SSSR count). The zero-order valence-electron chi connectivity index (χ0n) is 21.1. The number of carbonyl (C=O) groups is 2. The zero-order chi connectivity index (χ0) is 26.5. The topological polar surface area (TPSA) is 142 Å². The van der Waals surface area contributed by atoms with E-state index >= 15 is 0 Å². The fraction of sp³-hybridized carbons (Fsp3) is 0.440. The summed E-state index contributed by atoms with van der Waals surface area (Å²) in [6.45, 7) is 1.31.